The number of rotatable bonds is 0. The molecule has 0 bridgehead atoms. The van der Waals surface area contributed by atoms with Crippen LogP contribution in [0.15, 0.2) is 18.2 Å². The van der Waals surface area contributed by atoms with Crippen molar-refractivity contribution in [3.8, 4) is 5.75 Å². The van der Waals surface area contributed by atoms with E-state index < -0.39 is 0 Å². The van der Waals surface area contributed by atoms with Crippen LogP contribution in [0.25, 0.3) is 0 Å². The molecule has 1 aromatic rings. The van der Waals surface area contributed by atoms with Crippen molar-refractivity contribution in [3.05, 3.63) is 29.3 Å². The number of fused-ring (bicyclic) bond motifs is 5. The largest absolute Gasteiger partial charge is 0.508 e. The number of aromatic hydroxyl groups is 1. The lowest BCUT2D eigenvalue weighted by Crippen LogP contribution is -2.43. The minimum atomic E-state index is -0.0883. The summed E-state index contributed by atoms with van der Waals surface area (Å²) in [6.07, 6.45) is 6.78. The maximum absolute atomic E-state index is 10.4. The number of aliphatic hydroxyl groups excluding tert-OH is 1. The van der Waals surface area contributed by atoms with Crippen LogP contribution in [0.1, 0.15) is 56.1 Å². The van der Waals surface area contributed by atoms with Gasteiger partial charge < -0.3 is 10.2 Å². The second-order valence-corrected chi connectivity index (χ2v) is 7.44. The van der Waals surface area contributed by atoms with E-state index in [1.807, 2.05) is 12.1 Å². The molecule has 0 radical (unpaired) electrons. The molecule has 0 amide bonds. The molecule has 2 saturated carbocycles. The number of hydrogen-bond acceptors (Lipinski definition) is 2. The molecule has 20 heavy (non-hydrogen) atoms. The number of benzene rings is 1. The molecule has 2 fully saturated rings. The van der Waals surface area contributed by atoms with Gasteiger partial charge in [-0.15, -0.1) is 0 Å². The van der Waals surface area contributed by atoms with Gasteiger partial charge >= 0.3 is 0 Å². The quantitative estimate of drug-likeness (QED) is 0.757. The number of hydrogen-bond donors (Lipinski definition) is 2. The average Bonchev–Trinajstić information content (AvgIpc) is 2.74. The van der Waals surface area contributed by atoms with Crippen LogP contribution in [-0.2, 0) is 6.42 Å². The molecule has 3 aliphatic rings. The van der Waals surface area contributed by atoms with Crippen molar-refractivity contribution < 1.29 is 10.2 Å². The van der Waals surface area contributed by atoms with Gasteiger partial charge in [0.25, 0.3) is 0 Å². The maximum atomic E-state index is 10.4. The van der Waals surface area contributed by atoms with Gasteiger partial charge in [0, 0.05) is 0 Å². The molecule has 4 unspecified atom stereocenters. The lowest BCUT2D eigenvalue weighted by molar-refractivity contribution is -0.0226. The Balaban J connectivity index is 1.71. The lowest BCUT2D eigenvalue weighted by Gasteiger charge is -2.50. The lowest BCUT2D eigenvalue weighted by atomic mass is 9.55. The van der Waals surface area contributed by atoms with E-state index in [0.29, 0.717) is 17.6 Å². The first-order chi connectivity index (χ1) is 9.59. The molecule has 2 heteroatoms. The molecule has 1 aromatic carbocycles. The summed E-state index contributed by atoms with van der Waals surface area (Å²) in [6.45, 7) is 2.32. The number of aryl methyl sites for hydroxylation is 1. The third-order valence-electron chi connectivity index (χ3n) is 6.66. The molecule has 4 rings (SSSR count). The van der Waals surface area contributed by atoms with Crippen LogP contribution in [0.4, 0.5) is 0 Å². The van der Waals surface area contributed by atoms with Crippen LogP contribution in [0.2, 0.25) is 0 Å². The molecule has 0 aliphatic heterocycles. The van der Waals surface area contributed by atoms with Crippen molar-refractivity contribution in [1.82, 2.24) is 0 Å². The number of aliphatic hydroxyl groups is 1. The van der Waals surface area contributed by atoms with Crippen molar-refractivity contribution >= 4 is 0 Å². The second-order valence-electron chi connectivity index (χ2n) is 7.44. The van der Waals surface area contributed by atoms with Crippen molar-refractivity contribution in [2.24, 2.45) is 17.3 Å². The predicted molar refractivity (Wildman–Crippen MR) is 78.7 cm³/mol. The van der Waals surface area contributed by atoms with E-state index in [1.165, 1.54) is 30.4 Å². The fourth-order valence-electron chi connectivity index (χ4n) is 5.54. The van der Waals surface area contributed by atoms with Gasteiger partial charge in [-0.2, -0.15) is 0 Å². The van der Waals surface area contributed by atoms with Gasteiger partial charge in [-0.25, -0.2) is 0 Å². The highest BCUT2D eigenvalue weighted by Gasteiger charge is 2.54. The minimum Gasteiger partial charge on any atom is -0.508 e. The highest BCUT2D eigenvalue weighted by molar-refractivity contribution is 5.40. The zero-order valence-corrected chi connectivity index (χ0v) is 12.2. The fourth-order valence-corrected chi connectivity index (χ4v) is 5.54. The predicted octanol–water partition coefficient (Wildman–Crippen LogP) is 3.61. The molecule has 5 atom stereocenters. The first-order valence-corrected chi connectivity index (χ1v) is 8.09. The zero-order valence-electron chi connectivity index (χ0n) is 12.2. The molecule has 0 saturated heterocycles. The Bertz CT molecular complexity index is 538. The SMILES string of the molecule is CC12CCC3c4ccc(O)cc4CCC3C1CC[C@H]2O. The number of phenols is 1. The van der Waals surface area contributed by atoms with Crippen LogP contribution >= 0.6 is 0 Å². The maximum Gasteiger partial charge on any atom is 0.115 e. The Morgan fingerprint density at radius 2 is 2.00 bits per heavy atom. The van der Waals surface area contributed by atoms with E-state index >= 15 is 0 Å². The molecule has 0 spiro atoms. The van der Waals surface area contributed by atoms with Gasteiger partial charge in [-0.1, -0.05) is 13.0 Å². The highest BCUT2D eigenvalue weighted by atomic mass is 16.3. The van der Waals surface area contributed by atoms with Crippen molar-refractivity contribution in [2.75, 3.05) is 0 Å². The summed E-state index contributed by atoms with van der Waals surface area (Å²) in [5, 5.41) is 20.0. The number of phenolic OH excluding ortho intramolecular Hbond substituents is 1. The third kappa shape index (κ3) is 1.60. The Morgan fingerprint density at radius 1 is 1.15 bits per heavy atom. The Kier molecular flexibility index (Phi) is 2.69. The molecule has 2 nitrogen and oxygen atoms in total. The van der Waals surface area contributed by atoms with Gasteiger partial charge in [0.1, 0.15) is 5.75 Å². The highest BCUT2D eigenvalue weighted by Crippen LogP contribution is 2.60. The normalized spacial score (nSPS) is 42.7. The summed E-state index contributed by atoms with van der Waals surface area (Å²) < 4.78 is 0. The van der Waals surface area contributed by atoms with Crippen molar-refractivity contribution in [3.63, 3.8) is 0 Å². The first kappa shape index (κ1) is 12.7. The fraction of sp³-hybridized carbons (Fsp3) is 0.667. The van der Waals surface area contributed by atoms with E-state index in [4.69, 9.17) is 0 Å². The smallest absolute Gasteiger partial charge is 0.115 e. The summed E-state index contributed by atoms with van der Waals surface area (Å²) in [4.78, 5) is 0. The van der Waals surface area contributed by atoms with Gasteiger partial charge in [0.05, 0.1) is 6.10 Å². The van der Waals surface area contributed by atoms with E-state index in [9.17, 15) is 10.2 Å². The van der Waals surface area contributed by atoms with Crippen molar-refractivity contribution in [1.29, 1.82) is 0 Å². The van der Waals surface area contributed by atoms with Crippen LogP contribution in [0.3, 0.4) is 0 Å². The standard InChI is InChI=1S/C18H24O2/c1-18-9-8-14-13-5-3-12(19)10-11(13)2-4-15(14)16(18)6-7-17(18)20/h3,5,10,14-17,19-20H,2,4,6-9H2,1H3/t14?,15?,16?,17-,18?/m1/s1. The summed E-state index contributed by atoms with van der Waals surface area (Å²) >= 11 is 0. The Morgan fingerprint density at radius 3 is 2.85 bits per heavy atom. The summed E-state index contributed by atoms with van der Waals surface area (Å²) in [5.41, 5.74) is 2.99. The Labute approximate surface area is 120 Å². The topological polar surface area (TPSA) is 40.5 Å². The average molecular weight is 272 g/mol. The van der Waals surface area contributed by atoms with Crippen LogP contribution in [-0.4, -0.2) is 16.3 Å². The summed E-state index contributed by atoms with van der Waals surface area (Å²) in [6, 6.07) is 5.96. The first-order valence-electron chi connectivity index (χ1n) is 8.09. The molecule has 3 aliphatic carbocycles. The van der Waals surface area contributed by atoms with Crippen molar-refractivity contribution in [2.45, 2.75) is 57.5 Å². The summed E-state index contributed by atoms with van der Waals surface area (Å²) in [7, 11) is 0. The van der Waals surface area contributed by atoms with Crippen LogP contribution < -0.4 is 0 Å². The Hall–Kier alpha value is -1.02. The third-order valence-corrected chi connectivity index (χ3v) is 6.66. The van der Waals surface area contributed by atoms with E-state index in [0.717, 1.165) is 25.2 Å². The minimum absolute atomic E-state index is 0.0883. The zero-order chi connectivity index (χ0) is 13.9. The monoisotopic (exact) mass is 272 g/mol. The van der Waals surface area contributed by atoms with E-state index in [2.05, 4.69) is 13.0 Å². The molecular weight excluding hydrogens is 248 g/mol. The molecule has 0 heterocycles. The van der Waals surface area contributed by atoms with Crippen LogP contribution in [0, 0.1) is 17.3 Å². The van der Waals surface area contributed by atoms with E-state index in [1.54, 1.807) is 0 Å². The van der Waals surface area contributed by atoms with Gasteiger partial charge in [-0.3, -0.25) is 0 Å². The molecule has 0 aromatic heterocycles. The summed E-state index contributed by atoms with van der Waals surface area (Å²) in [5.74, 6) is 2.49. The van der Waals surface area contributed by atoms with Crippen LogP contribution in [0.5, 0.6) is 5.75 Å². The van der Waals surface area contributed by atoms with Gasteiger partial charge in [0.15, 0.2) is 0 Å². The van der Waals surface area contributed by atoms with Gasteiger partial charge in [-0.05, 0) is 85.0 Å². The van der Waals surface area contributed by atoms with E-state index in [-0.39, 0.29) is 11.5 Å². The molecular formula is C18H24O2. The van der Waals surface area contributed by atoms with Gasteiger partial charge in [0.2, 0.25) is 0 Å². The second kappa shape index (κ2) is 4.24. The molecule has 2 N–H and O–H groups in total. The molecule has 108 valence electrons.